The van der Waals surface area contributed by atoms with E-state index in [1.165, 1.54) is 13.1 Å². The van der Waals surface area contributed by atoms with Gasteiger partial charge < -0.3 is 9.64 Å². The summed E-state index contributed by atoms with van der Waals surface area (Å²) in [5, 5.41) is 4.02. The van der Waals surface area contributed by atoms with Crippen LogP contribution in [0, 0.1) is 5.92 Å². The zero-order valence-corrected chi connectivity index (χ0v) is 13.7. The number of fused-ring (bicyclic) bond motifs is 1. The maximum atomic E-state index is 12.8. The number of carbonyl (C=O) groups excluding carboxylic acids is 1. The second-order valence-electron chi connectivity index (χ2n) is 6.20. The Morgan fingerprint density at radius 2 is 2.04 bits per heavy atom. The molecule has 1 aromatic carbocycles. The number of ether oxygens (including phenoxy) is 1. The number of aryl methyl sites for hydroxylation is 1. The molecule has 128 valence electrons. The first-order valence-electron chi connectivity index (χ1n) is 7.78. The Bertz CT molecular complexity index is 758. The van der Waals surface area contributed by atoms with Crippen LogP contribution in [0.25, 0.3) is 0 Å². The quantitative estimate of drug-likeness (QED) is 0.860. The molecule has 0 aliphatic carbocycles. The predicted octanol–water partition coefficient (Wildman–Crippen LogP) is 3.42. The first-order valence-corrected chi connectivity index (χ1v) is 7.78. The molecule has 0 bridgehead atoms. The zero-order valence-electron chi connectivity index (χ0n) is 13.7. The SMILES string of the molecule is CC(C)[C@H]1CN(C(=O)c2cc(OC(F)F)n(C)n2)c2ccccc21. The van der Waals surface area contributed by atoms with Crippen molar-refractivity contribution in [2.24, 2.45) is 13.0 Å². The minimum atomic E-state index is -2.96. The number of anilines is 1. The third-order valence-electron chi connectivity index (χ3n) is 4.32. The molecule has 1 atom stereocenters. The molecule has 3 rings (SSSR count). The summed E-state index contributed by atoms with van der Waals surface area (Å²) < 4.78 is 30.3. The Balaban J connectivity index is 1.91. The van der Waals surface area contributed by atoms with Crippen LogP contribution in [0.2, 0.25) is 0 Å². The molecule has 2 heterocycles. The van der Waals surface area contributed by atoms with Crippen molar-refractivity contribution in [3.63, 3.8) is 0 Å². The lowest BCUT2D eigenvalue weighted by Gasteiger charge is -2.18. The first-order chi connectivity index (χ1) is 11.4. The minimum Gasteiger partial charge on any atom is -0.417 e. The number of hydrogen-bond donors (Lipinski definition) is 0. The first kappa shape index (κ1) is 16.4. The number of nitrogens with zero attached hydrogens (tertiary/aromatic N) is 3. The fourth-order valence-electron chi connectivity index (χ4n) is 3.10. The van der Waals surface area contributed by atoms with Gasteiger partial charge in [-0.05, 0) is 17.5 Å². The van der Waals surface area contributed by atoms with E-state index in [-0.39, 0.29) is 23.4 Å². The molecule has 0 saturated heterocycles. The zero-order chi connectivity index (χ0) is 17.4. The molecule has 1 aromatic heterocycles. The Labute approximate surface area is 138 Å². The van der Waals surface area contributed by atoms with Gasteiger partial charge in [0.15, 0.2) is 5.69 Å². The molecule has 2 aromatic rings. The van der Waals surface area contributed by atoms with Gasteiger partial charge in [0, 0.05) is 31.3 Å². The van der Waals surface area contributed by atoms with Crippen molar-refractivity contribution in [2.45, 2.75) is 26.4 Å². The maximum absolute atomic E-state index is 12.8. The van der Waals surface area contributed by atoms with Crippen LogP contribution in [0.4, 0.5) is 14.5 Å². The van der Waals surface area contributed by atoms with E-state index in [1.54, 1.807) is 4.90 Å². The van der Waals surface area contributed by atoms with E-state index in [9.17, 15) is 13.6 Å². The minimum absolute atomic E-state index is 0.0901. The van der Waals surface area contributed by atoms with Crippen LogP contribution in [0.1, 0.15) is 35.8 Å². The number of benzene rings is 1. The van der Waals surface area contributed by atoms with Crippen LogP contribution in [-0.4, -0.2) is 28.8 Å². The van der Waals surface area contributed by atoms with Crippen molar-refractivity contribution in [2.75, 3.05) is 11.4 Å². The van der Waals surface area contributed by atoms with E-state index in [2.05, 4.69) is 23.7 Å². The summed E-state index contributed by atoms with van der Waals surface area (Å²) in [6.45, 7) is 1.83. The molecule has 0 fully saturated rings. The van der Waals surface area contributed by atoms with Crippen LogP contribution >= 0.6 is 0 Å². The second-order valence-corrected chi connectivity index (χ2v) is 6.20. The van der Waals surface area contributed by atoms with Gasteiger partial charge in [0.25, 0.3) is 5.91 Å². The van der Waals surface area contributed by atoms with Crippen molar-refractivity contribution >= 4 is 11.6 Å². The number of amides is 1. The molecule has 1 aliphatic heterocycles. The molecule has 24 heavy (non-hydrogen) atoms. The van der Waals surface area contributed by atoms with Crippen LogP contribution in [0.15, 0.2) is 30.3 Å². The molecular weight excluding hydrogens is 316 g/mol. The van der Waals surface area contributed by atoms with Crippen LogP contribution in [-0.2, 0) is 7.05 Å². The Morgan fingerprint density at radius 1 is 1.33 bits per heavy atom. The normalized spacial score (nSPS) is 16.8. The van der Waals surface area contributed by atoms with Gasteiger partial charge in [0.2, 0.25) is 5.88 Å². The number of alkyl halides is 2. The summed E-state index contributed by atoms with van der Waals surface area (Å²) in [6.07, 6.45) is 0. The summed E-state index contributed by atoms with van der Waals surface area (Å²) in [5.74, 6) is 0.169. The van der Waals surface area contributed by atoms with Gasteiger partial charge in [-0.1, -0.05) is 32.0 Å². The number of rotatable bonds is 4. The van der Waals surface area contributed by atoms with Crippen molar-refractivity contribution in [1.29, 1.82) is 0 Å². The van der Waals surface area contributed by atoms with Crippen molar-refractivity contribution in [1.82, 2.24) is 9.78 Å². The van der Waals surface area contributed by atoms with E-state index in [0.29, 0.717) is 12.5 Å². The summed E-state index contributed by atoms with van der Waals surface area (Å²) in [4.78, 5) is 14.5. The van der Waals surface area contributed by atoms with Crippen molar-refractivity contribution in [3.8, 4) is 5.88 Å². The van der Waals surface area contributed by atoms with Gasteiger partial charge in [-0.15, -0.1) is 0 Å². The maximum Gasteiger partial charge on any atom is 0.388 e. The van der Waals surface area contributed by atoms with E-state index in [4.69, 9.17) is 0 Å². The number of para-hydroxylation sites is 1. The molecule has 5 nitrogen and oxygen atoms in total. The van der Waals surface area contributed by atoms with Gasteiger partial charge in [0.05, 0.1) is 0 Å². The highest BCUT2D eigenvalue weighted by molar-refractivity contribution is 6.06. The number of halogens is 2. The fourth-order valence-corrected chi connectivity index (χ4v) is 3.10. The number of carbonyl (C=O) groups is 1. The highest BCUT2D eigenvalue weighted by Crippen LogP contribution is 2.40. The van der Waals surface area contributed by atoms with E-state index < -0.39 is 6.61 Å². The highest BCUT2D eigenvalue weighted by atomic mass is 19.3. The number of hydrogen-bond acceptors (Lipinski definition) is 3. The molecule has 0 radical (unpaired) electrons. The van der Waals surface area contributed by atoms with E-state index >= 15 is 0 Å². The second kappa shape index (κ2) is 6.22. The fraction of sp³-hybridized carbons (Fsp3) is 0.412. The standard InChI is InChI=1S/C17H19F2N3O2/c1-10(2)12-9-22(14-7-5-4-6-11(12)14)16(23)13-8-15(21(3)20-13)24-17(18)19/h4-8,10,12,17H,9H2,1-3H3/t12-/m1/s1. The molecule has 0 saturated carbocycles. The molecule has 0 unspecified atom stereocenters. The van der Waals surface area contributed by atoms with Crippen LogP contribution in [0.5, 0.6) is 5.88 Å². The Morgan fingerprint density at radius 3 is 2.71 bits per heavy atom. The van der Waals surface area contributed by atoms with Gasteiger partial charge in [-0.25, -0.2) is 4.68 Å². The Hall–Kier alpha value is -2.44. The summed E-state index contributed by atoms with van der Waals surface area (Å²) in [6, 6.07) is 9.01. The molecule has 0 N–H and O–H groups in total. The summed E-state index contributed by atoms with van der Waals surface area (Å²) in [7, 11) is 1.46. The largest absolute Gasteiger partial charge is 0.417 e. The average molecular weight is 335 g/mol. The molecule has 1 amide bonds. The lowest BCUT2D eigenvalue weighted by Crippen LogP contribution is -2.31. The van der Waals surface area contributed by atoms with E-state index in [1.807, 2.05) is 24.3 Å². The summed E-state index contributed by atoms with van der Waals surface area (Å²) in [5.41, 5.74) is 2.07. The predicted molar refractivity (Wildman–Crippen MR) is 85.5 cm³/mol. The third-order valence-corrected chi connectivity index (χ3v) is 4.32. The smallest absolute Gasteiger partial charge is 0.388 e. The van der Waals surface area contributed by atoms with Crippen molar-refractivity contribution in [3.05, 3.63) is 41.6 Å². The van der Waals surface area contributed by atoms with E-state index in [0.717, 1.165) is 15.9 Å². The van der Waals surface area contributed by atoms with Crippen LogP contribution < -0.4 is 9.64 Å². The van der Waals surface area contributed by atoms with Gasteiger partial charge in [-0.2, -0.15) is 13.9 Å². The lowest BCUT2D eigenvalue weighted by molar-refractivity contribution is -0.0553. The average Bonchev–Trinajstić information content (AvgIpc) is 3.08. The molecule has 0 spiro atoms. The molecule has 7 heteroatoms. The van der Waals surface area contributed by atoms with Crippen molar-refractivity contribution < 1.29 is 18.3 Å². The molecular formula is C17H19F2N3O2. The highest BCUT2D eigenvalue weighted by Gasteiger charge is 2.35. The van der Waals surface area contributed by atoms with Gasteiger partial charge in [-0.3, -0.25) is 4.79 Å². The monoisotopic (exact) mass is 335 g/mol. The van der Waals surface area contributed by atoms with Gasteiger partial charge in [0.1, 0.15) is 0 Å². The lowest BCUT2D eigenvalue weighted by atomic mass is 9.90. The third kappa shape index (κ3) is 2.86. The summed E-state index contributed by atoms with van der Waals surface area (Å²) >= 11 is 0. The number of aromatic nitrogens is 2. The van der Waals surface area contributed by atoms with Crippen LogP contribution in [0.3, 0.4) is 0 Å². The Kier molecular flexibility index (Phi) is 4.26. The topological polar surface area (TPSA) is 47.4 Å². The molecule has 1 aliphatic rings. The van der Waals surface area contributed by atoms with Gasteiger partial charge >= 0.3 is 6.61 Å².